The molecular weight excluding hydrogens is 300 g/mol. The number of hydrogen-bond acceptors (Lipinski definition) is 3. The summed E-state index contributed by atoms with van der Waals surface area (Å²) in [7, 11) is -4.19. The third-order valence-electron chi connectivity index (χ3n) is 3.41. The predicted molar refractivity (Wildman–Crippen MR) is 86.0 cm³/mol. The molecule has 0 heterocycles. The molecule has 0 bridgehead atoms. The third-order valence-corrected chi connectivity index (χ3v) is 4.37. The van der Waals surface area contributed by atoms with Crippen molar-refractivity contribution in [1.29, 1.82) is 0 Å². The Kier molecular flexibility index (Phi) is 5.21. The van der Waals surface area contributed by atoms with Crippen molar-refractivity contribution in [3.05, 3.63) is 59.2 Å². The molecule has 1 N–H and O–H groups in total. The summed E-state index contributed by atoms with van der Waals surface area (Å²) in [4.78, 5) is -0.0102. The molecule has 0 saturated heterocycles. The van der Waals surface area contributed by atoms with Gasteiger partial charge in [0.15, 0.2) is 0 Å². The van der Waals surface area contributed by atoms with E-state index >= 15 is 0 Å². The highest BCUT2D eigenvalue weighted by atomic mass is 32.2. The van der Waals surface area contributed by atoms with Gasteiger partial charge >= 0.3 is 0 Å². The molecule has 118 valence electrons. The number of ether oxygens (including phenoxy) is 1. The molecular formula is C17H20O4S. The molecule has 0 aliphatic carbocycles. The van der Waals surface area contributed by atoms with Gasteiger partial charge in [-0.05, 0) is 56.0 Å². The fraction of sp³-hybridized carbons (Fsp3) is 0.294. The van der Waals surface area contributed by atoms with Gasteiger partial charge in [-0.15, -0.1) is 0 Å². The second kappa shape index (κ2) is 6.94. The van der Waals surface area contributed by atoms with E-state index in [1.165, 1.54) is 6.07 Å². The zero-order chi connectivity index (χ0) is 16.2. The van der Waals surface area contributed by atoms with Gasteiger partial charge in [-0.2, -0.15) is 8.42 Å². The molecule has 0 aliphatic heterocycles. The van der Waals surface area contributed by atoms with E-state index in [2.05, 4.69) is 0 Å². The first kappa shape index (κ1) is 16.5. The maximum Gasteiger partial charge on any atom is 0.294 e. The topological polar surface area (TPSA) is 63.6 Å². The van der Waals surface area contributed by atoms with Crippen molar-refractivity contribution in [3.8, 4) is 5.75 Å². The van der Waals surface area contributed by atoms with Gasteiger partial charge in [0.25, 0.3) is 10.1 Å². The molecule has 2 aromatic rings. The van der Waals surface area contributed by atoms with Crippen LogP contribution in [0.25, 0.3) is 0 Å². The van der Waals surface area contributed by atoms with Crippen molar-refractivity contribution in [2.45, 2.75) is 31.6 Å². The highest BCUT2D eigenvalue weighted by Gasteiger charge is 2.15. The lowest BCUT2D eigenvalue weighted by molar-refractivity contribution is 0.340. The average molecular weight is 320 g/mol. The molecule has 0 saturated carbocycles. The Labute approximate surface area is 131 Å². The SMILES string of the molecule is CCOc1ccc(CCc2cc(C)ccc2S(=O)(=O)O)cc1. The second-order valence-corrected chi connectivity index (χ2v) is 6.55. The van der Waals surface area contributed by atoms with Gasteiger partial charge in [-0.3, -0.25) is 4.55 Å². The van der Waals surface area contributed by atoms with Crippen LogP contribution in [0, 0.1) is 6.92 Å². The smallest absolute Gasteiger partial charge is 0.294 e. The van der Waals surface area contributed by atoms with E-state index in [0.29, 0.717) is 25.0 Å². The zero-order valence-electron chi connectivity index (χ0n) is 12.7. The summed E-state index contributed by atoms with van der Waals surface area (Å²) >= 11 is 0. The first-order chi connectivity index (χ1) is 10.4. The maximum absolute atomic E-state index is 11.4. The lowest BCUT2D eigenvalue weighted by Gasteiger charge is -2.09. The maximum atomic E-state index is 11.4. The summed E-state index contributed by atoms with van der Waals surface area (Å²) in [6.07, 6.45) is 1.24. The molecule has 4 nitrogen and oxygen atoms in total. The van der Waals surface area contributed by atoms with Crippen LogP contribution in [0.3, 0.4) is 0 Å². The Morgan fingerprint density at radius 1 is 1.05 bits per heavy atom. The van der Waals surface area contributed by atoms with Crippen LogP contribution in [-0.4, -0.2) is 19.6 Å². The molecule has 0 aromatic heterocycles. The lowest BCUT2D eigenvalue weighted by atomic mass is 10.0. The van der Waals surface area contributed by atoms with Gasteiger partial charge in [0, 0.05) is 0 Å². The van der Waals surface area contributed by atoms with Crippen LogP contribution in [0.15, 0.2) is 47.4 Å². The van der Waals surface area contributed by atoms with Crippen molar-refractivity contribution in [2.24, 2.45) is 0 Å². The van der Waals surface area contributed by atoms with E-state index in [4.69, 9.17) is 4.74 Å². The van der Waals surface area contributed by atoms with Crippen molar-refractivity contribution in [2.75, 3.05) is 6.61 Å². The summed E-state index contributed by atoms with van der Waals surface area (Å²) in [6.45, 7) is 4.46. The number of rotatable bonds is 6. The molecule has 2 aromatic carbocycles. The van der Waals surface area contributed by atoms with E-state index in [1.54, 1.807) is 12.1 Å². The molecule has 0 radical (unpaired) electrons. The molecule has 2 rings (SSSR count). The molecule has 0 spiro atoms. The monoisotopic (exact) mass is 320 g/mol. The van der Waals surface area contributed by atoms with E-state index in [1.807, 2.05) is 38.1 Å². The minimum absolute atomic E-state index is 0.0102. The fourth-order valence-corrected chi connectivity index (χ4v) is 3.09. The van der Waals surface area contributed by atoms with E-state index in [0.717, 1.165) is 16.9 Å². The van der Waals surface area contributed by atoms with Crippen LogP contribution < -0.4 is 4.74 Å². The third kappa shape index (κ3) is 4.32. The predicted octanol–water partition coefficient (Wildman–Crippen LogP) is 3.43. The molecule has 0 fully saturated rings. The minimum atomic E-state index is -4.19. The summed E-state index contributed by atoms with van der Waals surface area (Å²) in [6, 6.07) is 12.7. The van der Waals surface area contributed by atoms with Crippen LogP contribution in [0.1, 0.15) is 23.6 Å². The fourth-order valence-electron chi connectivity index (χ4n) is 2.35. The summed E-state index contributed by atoms with van der Waals surface area (Å²) in [5, 5.41) is 0. The molecule has 0 unspecified atom stereocenters. The Morgan fingerprint density at radius 3 is 2.32 bits per heavy atom. The second-order valence-electron chi connectivity index (χ2n) is 5.16. The van der Waals surface area contributed by atoms with E-state index in [9.17, 15) is 13.0 Å². The number of aryl methyl sites for hydroxylation is 3. The zero-order valence-corrected chi connectivity index (χ0v) is 13.6. The summed E-state index contributed by atoms with van der Waals surface area (Å²) < 4.78 is 37.6. The van der Waals surface area contributed by atoms with Crippen molar-refractivity contribution in [1.82, 2.24) is 0 Å². The van der Waals surface area contributed by atoms with Crippen LogP contribution in [-0.2, 0) is 23.0 Å². The van der Waals surface area contributed by atoms with Gasteiger partial charge < -0.3 is 4.74 Å². The number of benzene rings is 2. The summed E-state index contributed by atoms with van der Waals surface area (Å²) in [5.41, 5.74) is 2.69. The molecule has 0 atom stereocenters. The molecule has 5 heteroatoms. The lowest BCUT2D eigenvalue weighted by Crippen LogP contribution is -2.05. The van der Waals surface area contributed by atoms with Crippen molar-refractivity contribution in [3.63, 3.8) is 0 Å². The standard InChI is InChI=1S/C17H20O4S/c1-3-21-16-9-6-14(7-10-16)5-8-15-12-13(2)4-11-17(15)22(18,19)20/h4,6-7,9-12H,3,5,8H2,1-2H3,(H,18,19,20). The van der Waals surface area contributed by atoms with Gasteiger partial charge in [-0.1, -0.05) is 29.8 Å². The largest absolute Gasteiger partial charge is 0.494 e. The van der Waals surface area contributed by atoms with E-state index < -0.39 is 10.1 Å². The Hall–Kier alpha value is -1.85. The molecule has 0 amide bonds. The average Bonchev–Trinajstić information content (AvgIpc) is 2.45. The van der Waals surface area contributed by atoms with Gasteiger partial charge in [-0.25, -0.2) is 0 Å². The Bertz CT molecular complexity index is 734. The number of hydrogen-bond donors (Lipinski definition) is 1. The normalized spacial score (nSPS) is 11.4. The summed E-state index contributed by atoms with van der Waals surface area (Å²) in [5.74, 6) is 0.820. The van der Waals surface area contributed by atoms with Crippen molar-refractivity contribution >= 4 is 10.1 Å². The highest BCUT2D eigenvalue weighted by molar-refractivity contribution is 7.85. The van der Waals surface area contributed by atoms with Crippen molar-refractivity contribution < 1.29 is 17.7 Å². The highest BCUT2D eigenvalue weighted by Crippen LogP contribution is 2.20. The van der Waals surface area contributed by atoms with Crippen LogP contribution in [0.5, 0.6) is 5.75 Å². The van der Waals surface area contributed by atoms with Gasteiger partial charge in [0.1, 0.15) is 5.75 Å². The quantitative estimate of drug-likeness (QED) is 0.828. The van der Waals surface area contributed by atoms with Crippen LogP contribution >= 0.6 is 0 Å². The van der Waals surface area contributed by atoms with Crippen LogP contribution in [0.2, 0.25) is 0 Å². The minimum Gasteiger partial charge on any atom is -0.494 e. The first-order valence-electron chi connectivity index (χ1n) is 7.19. The van der Waals surface area contributed by atoms with Gasteiger partial charge in [0.2, 0.25) is 0 Å². The Morgan fingerprint density at radius 2 is 1.73 bits per heavy atom. The van der Waals surface area contributed by atoms with E-state index in [-0.39, 0.29) is 4.90 Å². The van der Waals surface area contributed by atoms with Crippen LogP contribution in [0.4, 0.5) is 0 Å². The molecule has 22 heavy (non-hydrogen) atoms. The van der Waals surface area contributed by atoms with Gasteiger partial charge in [0.05, 0.1) is 11.5 Å². The Balaban J connectivity index is 2.16. The molecule has 0 aliphatic rings. The first-order valence-corrected chi connectivity index (χ1v) is 8.63.